The summed E-state index contributed by atoms with van der Waals surface area (Å²) in [6.45, 7) is 1.06. The summed E-state index contributed by atoms with van der Waals surface area (Å²) in [6, 6.07) is 0. The summed E-state index contributed by atoms with van der Waals surface area (Å²) in [5.74, 6) is 4.04. The summed E-state index contributed by atoms with van der Waals surface area (Å²) in [5.41, 5.74) is 0.355. The molecular formula is C16H26O. The zero-order chi connectivity index (χ0) is 11.3. The fourth-order valence-electron chi connectivity index (χ4n) is 5.82. The van der Waals surface area contributed by atoms with E-state index >= 15 is 0 Å². The van der Waals surface area contributed by atoms with Crippen molar-refractivity contribution in [3.8, 4) is 0 Å². The van der Waals surface area contributed by atoms with Crippen molar-refractivity contribution in [2.45, 2.75) is 69.8 Å². The number of rotatable bonds is 0. The van der Waals surface area contributed by atoms with Crippen molar-refractivity contribution >= 4 is 0 Å². The molecule has 5 rings (SSSR count). The molecule has 1 saturated heterocycles. The Morgan fingerprint density at radius 1 is 0.706 bits per heavy atom. The Bertz CT molecular complexity index is 258. The highest BCUT2D eigenvalue weighted by atomic mass is 16.5. The van der Waals surface area contributed by atoms with Crippen LogP contribution in [0, 0.1) is 23.7 Å². The van der Waals surface area contributed by atoms with Crippen molar-refractivity contribution in [1.82, 2.24) is 0 Å². The van der Waals surface area contributed by atoms with Crippen LogP contribution in [0.1, 0.15) is 64.2 Å². The van der Waals surface area contributed by atoms with E-state index in [1.54, 1.807) is 6.42 Å². The largest absolute Gasteiger partial charge is 0.374 e. The van der Waals surface area contributed by atoms with Crippen LogP contribution in [-0.4, -0.2) is 12.2 Å². The summed E-state index contributed by atoms with van der Waals surface area (Å²) >= 11 is 0. The van der Waals surface area contributed by atoms with Crippen molar-refractivity contribution < 1.29 is 4.74 Å². The first-order valence-electron chi connectivity index (χ1n) is 8.01. The van der Waals surface area contributed by atoms with Crippen LogP contribution < -0.4 is 0 Å². The molecule has 0 aromatic heterocycles. The monoisotopic (exact) mass is 234 g/mol. The molecule has 0 radical (unpaired) electrons. The first-order chi connectivity index (χ1) is 8.37. The van der Waals surface area contributed by atoms with Gasteiger partial charge in [-0.1, -0.05) is 19.3 Å². The summed E-state index contributed by atoms with van der Waals surface area (Å²) in [6.07, 6.45) is 14.6. The molecule has 4 aliphatic carbocycles. The van der Waals surface area contributed by atoms with Gasteiger partial charge >= 0.3 is 0 Å². The molecule has 0 atom stereocenters. The van der Waals surface area contributed by atoms with Gasteiger partial charge < -0.3 is 4.74 Å². The van der Waals surface area contributed by atoms with Crippen molar-refractivity contribution in [2.24, 2.45) is 23.7 Å². The minimum Gasteiger partial charge on any atom is -0.374 e. The average Bonchev–Trinajstić information content (AvgIpc) is 2.26. The lowest BCUT2D eigenvalue weighted by Crippen LogP contribution is -2.59. The van der Waals surface area contributed by atoms with Gasteiger partial charge in [0.25, 0.3) is 0 Å². The third-order valence-corrected chi connectivity index (χ3v) is 6.35. The zero-order valence-electron chi connectivity index (χ0n) is 11.0. The Balaban J connectivity index is 1.62. The van der Waals surface area contributed by atoms with E-state index in [-0.39, 0.29) is 0 Å². The van der Waals surface area contributed by atoms with Crippen molar-refractivity contribution in [1.29, 1.82) is 0 Å². The summed E-state index contributed by atoms with van der Waals surface area (Å²) in [4.78, 5) is 0. The predicted molar refractivity (Wildman–Crippen MR) is 68.8 cm³/mol. The smallest absolute Gasteiger partial charge is 0.0738 e. The van der Waals surface area contributed by atoms with Crippen molar-refractivity contribution in [3.63, 3.8) is 0 Å². The van der Waals surface area contributed by atoms with Gasteiger partial charge in [-0.2, -0.15) is 0 Å². The van der Waals surface area contributed by atoms with Crippen molar-refractivity contribution in [2.75, 3.05) is 6.61 Å². The molecule has 4 bridgehead atoms. The first kappa shape index (κ1) is 10.8. The highest BCUT2D eigenvalue weighted by Gasteiger charge is 2.57. The molecule has 1 aliphatic heterocycles. The Kier molecular flexibility index (Phi) is 2.54. The molecule has 96 valence electrons. The first-order valence-corrected chi connectivity index (χ1v) is 8.01. The summed E-state index contributed by atoms with van der Waals surface area (Å²) < 4.78 is 6.55. The fourth-order valence-corrected chi connectivity index (χ4v) is 5.82. The van der Waals surface area contributed by atoms with E-state index in [0.717, 1.165) is 30.3 Å². The highest BCUT2D eigenvalue weighted by Crippen LogP contribution is 2.61. The van der Waals surface area contributed by atoms with E-state index in [1.807, 2.05) is 0 Å². The van der Waals surface area contributed by atoms with E-state index in [9.17, 15) is 0 Å². The van der Waals surface area contributed by atoms with E-state index in [2.05, 4.69) is 0 Å². The quantitative estimate of drug-likeness (QED) is 0.611. The van der Waals surface area contributed by atoms with Gasteiger partial charge in [0.15, 0.2) is 0 Å². The molecule has 5 fully saturated rings. The second-order valence-electron chi connectivity index (χ2n) is 7.27. The number of ether oxygens (including phenoxy) is 1. The van der Waals surface area contributed by atoms with Crippen LogP contribution in [0.25, 0.3) is 0 Å². The molecule has 0 aromatic carbocycles. The average molecular weight is 234 g/mol. The molecular weight excluding hydrogens is 208 g/mol. The Morgan fingerprint density at radius 2 is 1.35 bits per heavy atom. The van der Waals surface area contributed by atoms with Crippen LogP contribution in [0.3, 0.4) is 0 Å². The maximum atomic E-state index is 6.55. The van der Waals surface area contributed by atoms with E-state index in [0.29, 0.717) is 5.60 Å². The minimum absolute atomic E-state index is 0.355. The topological polar surface area (TPSA) is 9.23 Å². The van der Waals surface area contributed by atoms with Gasteiger partial charge in [-0.25, -0.2) is 0 Å². The Hall–Kier alpha value is -0.0400. The zero-order valence-corrected chi connectivity index (χ0v) is 11.0. The van der Waals surface area contributed by atoms with Crippen LogP contribution in [0.15, 0.2) is 0 Å². The lowest BCUT2D eigenvalue weighted by atomic mass is 9.49. The van der Waals surface area contributed by atoms with Gasteiger partial charge in [-0.05, 0) is 68.6 Å². The second kappa shape index (κ2) is 3.98. The van der Waals surface area contributed by atoms with Gasteiger partial charge in [0.1, 0.15) is 0 Å². The highest BCUT2D eigenvalue weighted by molar-refractivity contribution is 5.08. The van der Waals surface area contributed by atoms with Crippen LogP contribution in [-0.2, 0) is 4.74 Å². The standard InChI is InChI=1S/C16H26O/c1-2-4-6-17-16(5-3-1)14-8-12-7-13(10-14)11-15(16)9-12/h12-15H,1-11H2. The van der Waals surface area contributed by atoms with Crippen molar-refractivity contribution in [3.05, 3.63) is 0 Å². The van der Waals surface area contributed by atoms with E-state index in [1.165, 1.54) is 57.8 Å². The molecule has 4 saturated carbocycles. The third kappa shape index (κ3) is 1.61. The third-order valence-electron chi connectivity index (χ3n) is 6.35. The second-order valence-corrected chi connectivity index (χ2v) is 7.27. The minimum atomic E-state index is 0.355. The lowest BCUT2D eigenvalue weighted by Gasteiger charge is -2.61. The number of hydrogen-bond acceptors (Lipinski definition) is 1. The van der Waals surface area contributed by atoms with E-state index in [4.69, 9.17) is 4.74 Å². The molecule has 1 heterocycles. The van der Waals surface area contributed by atoms with Gasteiger partial charge in [0, 0.05) is 6.61 Å². The van der Waals surface area contributed by atoms with Crippen LogP contribution in [0.4, 0.5) is 0 Å². The van der Waals surface area contributed by atoms with Crippen LogP contribution in [0.5, 0.6) is 0 Å². The molecule has 1 nitrogen and oxygen atoms in total. The maximum Gasteiger partial charge on any atom is 0.0738 e. The molecule has 0 aromatic rings. The fraction of sp³-hybridized carbons (Fsp3) is 1.00. The molecule has 5 aliphatic rings. The summed E-state index contributed by atoms with van der Waals surface area (Å²) in [7, 11) is 0. The van der Waals surface area contributed by atoms with E-state index < -0.39 is 0 Å². The molecule has 1 heteroatoms. The SMILES string of the molecule is C1CCCC2(OCC1)C1CC3CC(C1)CC2C3. The van der Waals surface area contributed by atoms with Gasteiger partial charge in [0.05, 0.1) is 5.60 Å². The van der Waals surface area contributed by atoms with Crippen LogP contribution >= 0.6 is 0 Å². The summed E-state index contributed by atoms with van der Waals surface area (Å²) in [5, 5.41) is 0. The van der Waals surface area contributed by atoms with Gasteiger partial charge in [-0.3, -0.25) is 0 Å². The lowest BCUT2D eigenvalue weighted by molar-refractivity contribution is -0.211. The van der Waals surface area contributed by atoms with Crippen LogP contribution in [0.2, 0.25) is 0 Å². The van der Waals surface area contributed by atoms with Gasteiger partial charge in [-0.15, -0.1) is 0 Å². The Morgan fingerprint density at radius 3 is 2.06 bits per heavy atom. The molecule has 0 amide bonds. The Labute approximate surface area is 105 Å². The molecule has 0 unspecified atom stereocenters. The normalized spacial score (nSPS) is 53.6. The number of hydrogen-bond donors (Lipinski definition) is 0. The molecule has 0 N–H and O–H groups in total. The predicted octanol–water partition coefficient (Wildman–Crippen LogP) is 4.16. The van der Waals surface area contributed by atoms with Gasteiger partial charge in [0.2, 0.25) is 0 Å². The molecule has 1 spiro atoms. The molecule has 17 heavy (non-hydrogen) atoms. The maximum absolute atomic E-state index is 6.55.